The van der Waals surface area contributed by atoms with Gasteiger partial charge in [0.1, 0.15) is 0 Å². The normalized spacial score (nSPS) is 29.8. The third-order valence-electron chi connectivity index (χ3n) is 4.23. The van der Waals surface area contributed by atoms with Crippen LogP contribution in [-0.4, -0.2) is 6.54 Å². The van der Waals surface area contributed by atoms with Crippen LogP contribution in [0.1, 0.15) is 51.4 Å². The second-order valence-corrected chi connectivity index (χ2v) is 4.75. The molecule has 1 heteroatoms. The van der Waals surface area contributed by atoms with Crippen molar-refractivity contribution in [2.24, 2.45) is 17.1 Å². The lowest BCUT2D eigenvalue weighted by atomic mass is 9.58. The molecule has 2 fully saturated rings. The molecule has 0 unspecified atom stereocenters. The average Bonchev–Trinajstić information content (AvgIpc) is 2.05. The van der Waals surface area contributed by atoms with E-state index in [0.29, 0.717) is 5.41 Å². The maximum atomic E-state index is 5.90. The van der Waals surface area contributed by atoms with Crippen molar-refractivity contribution < 1.29 is 0 Å². The lowest BCUT2D eigenvalue weighted by Gasteiger charge is -2.48. The van der Waals surface area contributed by atoms with Crippen LogP contribution in [0.2, 0.25) is 0 Å². The Morgan fingerprint density at radius 2 is 1.67 bits per heavy atom. The summed E-state index contributed by atoms with van der Waals surface area (Å²) in [5, 5.41) is 0. The van der Waals surface area contributed by atoms with E-state index in [0.717, 1.165) is 12.5 Å². The van der Waals surface area contributed by atoms with Crippen LogP contribution in [0.4, 0.5) is 0 Å². The molecular formula is C11H21N. The third kappa shape index (κ3) is 1.28. The topological polar surface area (TPSA) is 26.0 Å². The SMILES string of the molecule is NCC1(C2CCCCC2)CCC1. The Balaban J connectivity index is 1.95. The van der Waals surface area contributed by atoms with Gasteiger partial charge in [-0.2, -0.15) is 0 Å². The monoisotopic (exact) mass is 167 g/mol. The van der Waals surface area contributed by atoms with Gasteiger partial charge in [-0.3, -0.25) is 0 Å². The molecule has 0 aromatic heterocycles. The van der Waals surface area contributed by atoms with Gasteiger partial charge in [0.05, 0.1) is 0 Å². The van der Waals surface area contributed by atoms with E-state index in [2.05, 4.69) is 0 Å². The van der Waals surface area contributed by atoms with E-state index in [1.807, 2.05) is 0 Å². The summed E-state index contributed by atoms with van der Waals surface area (Å²) < 4.78 is 0. The van der Waals surface area contributed by atoms with Gasteiger partial charge in [-0.1, -0.05) is 25.7 Å². The van der Waals surface area contributed by atoms with Gasteiger partial charge in [0, 0.05) is 0 Å². The second-order valence-electron chi connectivity index (χ2n) is 4.75. The lowest BCUT2D eigenvalue weighted by molar-refractivity contribution is 0.0353. The van der Waals surface area contributed by atoms with Crippen LogP contribution < -0.4 is 5.73 Å². The molecule has 70 valence electrons. The molecule has 0 heterocycles. The minimum absolute atomic E-state index is 0.612. The summed E-state index contributed by atoms with van der Waals surface area (Å²) in [4.78, 5) is 0. The fraction of sp³-hybridized carbons (Fsp3) is 1.00. The van der Waals surface area contributed by atoms with Gasteiger partial charge in [-0.25, -0.2) is 0 Å². The Morgan fingerprint density at radius 3 is 2.08 bits per heavy atom. The highest BCUT2D eigenvalue weighted by molar-refractivity contribution is 4.94. The van der Waals surface area contributed by atoms with E-state index in [1.54, 1.807) is 0 Å². The highest BCUT2D eigenvalue weighted by atomic mass is 14.6. The number of rotatable bonds is 2. The van der Waals surface area contributed by atoms with Gasteiger partial charge >= 0.3 is 0 Å². The zero-order chi connectivity index (χ0) is 8.44. The molecule has 0 bridgehead atoms. The van der Waals surface area contributed by atoms with Crippen molar-refractivity contribution in [3.63, 3.8) is 0 Å². The molecule has 0 atom stereocenters. The smallest absolute Gasteiger partial charge is 0.00179 e. The molecule has 2 saturated carbocycles. The third-order valence-corrected chi connectivity index (χ3v) is 4.23. The standard InChI is InChI=1S/C11H21N/c12-9-11(7-4-8-11)10-5-2-1-3-6-10/h10H,1-9,12H2. The molecule has 0 amide bonds. The van der Waals surface area contributed by atoms with Crippen molar-refractivity contribution in [1.82, 2.24) is 0 Å². The molecule has 2 aliphatic rings. The molecule has 2 N–H and O–H groups in total. The molecule has 0 saturated heterocycles. The lowest BCUT2D eigenvalue weighted by Crippen LogP contribution is -2.44. The molecule has 2 aliphatic carbocycles. The predicted molar refractivity (Wildman–Crippen MR) is 51.9 cm³/mol. The van der Waals surface area contributed by atoms with Crippen molar-refractivity contribution in [3.05, 3.63) is 0 Å². The Morgan fingerprint density at radius 1 is 1.00 bits per heavy atom. The minimum atomic E-state index is 0.612. The van der Waals surface area contributed by atoms with Gasteiger partial charge in [-0.05, 0) is 43.6 Å². The van der Waals surface area contributed by atoms with Crippen LogP contribution in [-0.2, 0) is 0 Å². The van der Waals surface area contributed by atoms with E-state index in [4.69, 9.17) is 5.73 Å². The van der Waals surface area contributed by atoms with Crippen molar-refractivity contribution in [1.29, 1.82) is 0 Å². The summed E-state index contributed by atoms with van der Waals surface area (Å²) in [7, 11) is 0. The van der Waals surface area contributed by atoms with E-state index < -0.39 is 0 Å². The number of nitrogens with two attached hydrogens (primary N) is 1. The summed E-state index contributed by atoms with van der Waals surface area (Å²) >= 11 is 0. The van der Waals surface area contributed by atoms with Crippen LogP contribution in [0.25, 0.3) is 0 Å². The first kappa shape index (κ1) is 8.55. The summed E-state index contributed by atoms with van der Waals surface area (Å²) in [6.45, 7) is 0.956. The molecule has 0 aliphatic heterocycles. The van der Waals surface area contributed by atoms with Gasteiger partial charge in [0.2, 0.25) is 0 Å². The first-order valence-electron chi connectivity index (χ1n) is 5.57. The fourth-order valence-corrected chi connectivity index (χ4v) is 3.12. The first-order valence-corrected chi connectivity index (χ1v) is 5.57. The quantitative estimate of drug-likeness (QED) is 0.672. The van der Waals surface area contributed by atoms with Crippen LogP contribution in [0.15, 0.2) is 0 Å². The fourth-order valence-electron chi connectivity index (χ4n) is 3.12. The van der Waals surface area contributed by atoms with Gasteiger partial charge in [0.15, 0.2) is 0 Å². The molecule has 0 spiro atoms. The number of hydrogen-bond acceptors (Lipinski definition) is 1. The van der Waals surface area contributed by atoms with Crippen molar-refractivity contribution in [2.45, 2.75) is 51.4 Å². The average molecular weight is 167 g/mol. The van der Waals surface area contributed by atoms with E-state index in [-0.39, 0.29) is 0 Å². The Labute approximate surface area is 75.7 Å². The maximum Gasteiger partial charge on any atom is -0.00179 e. The van der Waals surface area contributed by atoms with E-state index in [9.17, 15) is 0 Å². The van der Waals surface area contributed by atoms with E-state index >= 15 is 0 Å². The zero-order valence-corrected chi connectivity index (χ0v) is 8.02. The van der Waals surface area contributed by atoms with Crippen LogP contribution in [0, 0.1) is 11.3 Å². The summed E-state index contributed by atoms with van der Waals surface area (Å²) in [5.74, 6) is 0.991. The van der Waals surface area contributed by atoms with Gasteiger partial charge in [-0.15, -0.1) is 0 Å². The van der Waals surface area contributed by atoms with Crippen molar-refractivity contribution in [3.8, 4) is 0 Å². The Kier molecular flexibility index (Phi) is 2.40. The van der Waals surface area contributed by atoms with Crippen LogP contribution in [0.5, 0.6) is 0 Å². The molecule has 0 radical (unpaired) electrons. The predicted octanol–water partition coefficient (Wildman–Crippen LogP) is 2.70. The molecule has 2 rings (SSSR count). The highest BCUT2D eigenvalue weighted by Crippen LogP contribution is 2.51. The zero-order valence-electron chi connectivity index (χ0n) is 8.02. The molecule has 0 aromatic rings. The molecule has 12 heavy (non-hydrogen) atoms. The van der Waals surface area contributed by atoms with E-state index in [1.165, 1.54) is 51.4 Å². The van der Waals surface area contributed by atoms with Crippen molar-refractivity contribution in [2.75, 3.05) is 6.54 Å². The minimum Gasteiger partial charge on any atom is -0.330 e. The van der Waals surface area contributed by atoms with Crippen LogP contribution in [0.3, 0.4) is 0 Å². The van der Waals surface area contributed by atoms with Crippen molar-refractivity contribution >= 4 is 0 Å². The highest BCUT2D eigenvalue weighted by Gasteiger charge is 2.42. The molecule has 1 nitrogen and oxygen atoms in total. The summed E-state index contributed by atoms with van der Waals surface area (Å²) in [5.41, 5.74) is 6.51. The van der Waals surface area contributed by atoms with Gasteiger partial charge in [0.25, 0.3) is 0 Å². The van der Waals surface area contributed by atoms with Crippen LogP contribution >= 0.6 is 0 Å². The molecular weight excluding hydrogens is 146 g/mol. The van der Waals surface area contributed by atoms with Gasteiger partial charge < -0.3 is 5.73 Å². The second kappa shape index (κ2) is 3.37. The largest absolute Gasteiger partial charge is 0.330 e. The molecule has 0 aromatic carbocycles. The summed E-state index contributed by atoms with van der Waals surface area (Å²) in [6, 6.07) is 0. The Bertz CT molecular complexity index is 138. The number of hydrogen-bond donors (Lipinski definition) is 1. The summed E-state index contributed by atoms with van der Waals surface area (Å²) in [6.07, 6.45) is 11.6. The first-order chi connectivity index (χ1) is 5.87. The Hall–Kier alpha value is -0.0400. The maximum absolute atomic E-state index is 5.90.